The third kappa shape index (κ3) is 3.91. The van der Waals surface area contributed by atoms with Gasteiger partial charge in [-0.3, -0.25) is 0 Å². The van der Waals surface area contributed by atoms with Crippen LogP contribution in [-0.4, -0.2) is 43.9 Å². The number of benzene rings is 1. The second kappa shape index (κ2) is 7.44. The molecule has 1 aromatic heterocycles. The van der Waals surface area contributed by atoms with Crippen LogP contribution in [0.4, 0.5) is 5.82 Å². The number of nitrogens with zero attached hydrogens (tertiary/aromatic N) is 3. The summed E-state index contributed by atoms with van der Waals surface area (Å²) in [6, 6.07) is 12.0. The van der Waals surface area contributed by atoms with Gasteiger partial charge in [-0.15, -0.1) is 0 Å². The standard InChI is InChI=1S/C21H29N3O2Si/c1-21(2,3)27(4,5)26-14-13-24-15-19(23-25)17-10-7-6-9-16(17)18-11-8-12-22-20(18)24/h6-12,25H,13-15H2,1-5H3. The summed E-state index contributed by atoms with van der Waals surface area (Å²) in [4.78, 5) is 6.79. The van der Waals surface area contributed by atoms with Gasteiger partial charge in [0.1, 0.15) is 11.5 Å². The highest BCUT2D eigenvalue weighted by Gasteiger charge is 2.37. The van der Waals surface area contributed by atoms with Crippen LogP contribution < -0.4 is 4.90 Å². The Labute approximate surface area is 162 Å². The quantitative estimate of drug-likeness (QED) is 0.469. The molecule has 3 rings (SSSR count). The van der Waals surface area contributed by atoms with Crippen molar-refractivity contribution in [2.24, 2.45) is 5.16 Å². The van der Waals surface area contributed by atoms with Crippen LogP contribution in [0.2, 0.25) is 18.1 Å². The molecular weight excluding hydrogens is 354 g/mol. The largest absolute Gasteiger partial charge is 0.415 e. The van der Waals surface area contributed by atoms with Crippen molar-refractivity contribution in [3.8, 4) is 11.1 Å². The fraction of sp³-hybridized carbons (Fsp3) is 0.429. The van der Waals surface area contributed by atoms with E-state index in [2.05, 4.69) is 61.0 Å². The van der Waals surface area contributed by atoms with E-state index in [4.69, 9.17) is 4.43 Å². The molecule has 1 aliphatic heterocycles. The fourth-order valence-corrected chi connectivity index (χ4v) is 4.10. The summed E-state index contributed by atoms with van der Waals surface area (Å²) in [6.45, 7) is 13.1. The SMILES string of the molecule is CC(C)(C)[Si](C)(C)OCCN1CC(=NO)c2ccccc2-c2cccnc21. The van der Waals surface area contributed by atoms with Crippen molar-refractivity contribution in [2.45, 2.75) is 38.9 Å². The average Bonchev–Trinajstić information content (AvgIpc) is 2.76. The first-order chi connectivity index (χ1) is 12.7. The summed E-state index contributed by atoms with van der Waals surface area (Å²) in [5, 5.41) is 13.4. The molecule has 1 N–H and O–H groups in total. The van der Waals surface area contributed by atoms with Crippen molar-refractivity contribution in [3.05, 3.63) is 48.2 Å². The maximum Gasteiger partial charge on any atom is 0.192 e. The molecule has 2 aromatic rings. The van der Waals surface area contributed by atoms with Gasteiger partial charge < -0.3 is 14.5 Å². The van der Waals surface area contributed by atoms with E-state index in [0.717, 1.165) is 22.5 Å². The molecule has 0 bridgehead atoms. The highest BCUT2D eigenvalue weighted by molar-refractivity contribution is 6.74. The lowest BCUT2D eigenvalue weighted by Gasteiger charge is -2.37. The highest BCUT2D eigenvalue weighted by Crippen LogP contribution is 2.37. The van der Waals surface area contributed by atoms with Crippen LogP contribution in [0.3, 0.4) is 0 Å². The normalized spacial score (nSPS) is 16.0. The molecule has 6 heteroatoms. The highest BCUT2D eigenvalue weighted by atomic mass is 28.4. The second-order valence-corrected chi connectivity index (χ2v) is 13.3. The molecule has 1 aliphatic rings. The van der Waals surface area contributed by atoms with E-state index in [1.165, 1.54) is 0 Å². The lowest BCUT2D eigenvalue weighted by atomic mass is 9.98. The topological polar surface area (TPSA) is 58.0 Å². The molecule has 144 valence electrons. The molecule has 5 nitrogen and oxygen atoms in total. The van der Waals surface area contributed by atoms with Gasteiger partial charge in [-0.25, -0.2) is 4.98 Å². The van der Waals surface area contributed by atoms with Crippen LogP contribution >= 0.6 is 0 Å². The van der Waals surface area contributed by atoms with Crippen LogP contribution in [0.15, 0.2) is 47.8 Å². The molecule has 27 heavy (non-hydrogen) atoms. The molecule has 0 fully saturated rings. The maximum atomic E-state index is 9.64. The Morgan fingerprint density at radius 1 is 1.11 bits per heavy atom. The molecule has 0 amide bonds. The third-order valence-electron chi connectivity index (χ3n) is 5.71. The minimum absolute atomic E-state index is 0.176. The molecule has 0 spiro atoms. The van der Waals surface area contributed by atoms with Crippen molar-refractivity contribution in [1.29, 1.82) is 0 Å². The molecule has 0 atom stereocenters. The van der Waals surface area contributed by atoms with Crippen LogP contribution in [0.5, 0.6) is 0 Å². The minimum atomic E-state index is -1.81. The fourth-order valence-electron chi connectivity index (χ4n) is 3.07. The van der Waals surface area contributed by atoms with Crippen molar-refractivity contribution in [1.82, 2.24) is 4.98 Å². The minimum Gasteiger partial charge on any atom is -0.415 e. The van der Waals surface area contributed by atoms with E-state index >= 15 is 0 Å². The van der Waals surface area contributed by atoms with Crippen molar-refractivity contribution in [2.75, 3.05) is 24.6 Å². The molecule has 1 aromatic carbocycles. The van der Waals surface area contributed by atoms with Gasteiger partial charge in [-0.2, -0.15) is 0 Å². The molecule has 0 radical (unpaired) electrons. The summed E-state index contributed by atoms with van der Waals surface area (Å²) in [5.74, 6) is 0.905. The summed E-state index contributed by atoms with van der Waals surface area (Å²) in [5.41, 5.74) is 3.69. The Morgan fingerprint density at radius 2 is 1.78 bits per heavy atom. The average molecular weight is 384 g/mol. The molecule has 0 aliphatic carbocycles. The van der Waals surface area contributed by atoms with Gasteiger partial charge in [-0.1, -0.05) is 50.2 Å². The number of oxime groups is 1. The van der Waals surface area contributed by atoms with Crippen LogP contribution in [-0.2, 0) is 4.43 Å². The van der Waals surface area contributed by atoms with Crippen molar-refractivity contribution in [3.63, 3.8) is 0 Å². The predicted octanol–water partition coefficient (Wildman–Crippen LogP) is 4.77. The van der Waals surface area contributed by atoms with E-state index in [1.807, 2.05) is 30.5 Å². The Kier molecular flexibility index (Phi) is 5.40. The lowest BCUT2D eigenvalue weighted by Crippen LogP contribution is -2.43. The number of hydrogen-bond donors (Lipinski definition) is 1. The van der Waals surface area contributed by atoms with Crippen molar-refractivity contribution < 1.29 is 9.63 Å². The van der Waals surface area contributed by atoms with Gasteiger partial charge in [0.15, 0.2) is 8.32 Å². The summed E-state index contributed by atoms with van der Waals surface area (Å²) in [7, 11) is -1.81. The van der Waals surface area contributed by atoms with Crippen molar-refractivity contribution >= 4 is 19.8 Å². The van der Waals surface area contributed by atoms with Gasteiger partial charge in [0.2, 0.25) is 0 Å². The lowest BCUT2D eigenvalue weighted by molar-refractivity contribution is 0.294. The monoisotopic (exact) mass is 383 g/mol. The van der Waals surface area contributed by atoms with E-state index in [9.17, 15) is 5.21 Å². The zero-order valence-corrected chi connectivity index (χ0v) is 17.9. The van der Waals surface area contributed by atoms with Crippen LogP contribution in [0.25, 0.3) is 11.1 Å². The maximum absolute atomic E-state index is 9.64. The number of pyridine rings is 1. The number of rotatable bonds is 4. The summed E-state index contributed by atoms with van der Waals surface area (Å²) >= 11 is 0. The van der Waals surface area contributed by atoms with Gasteiger partial charge in [0.25, 0.3) is 0 Å². The zero-order chi connectivity index (χ0) is 19.7. The molecule has 0 saturated carbocycles. The predicted molar refractivity (Wildman–Crippen MR) is 113 cm³/mol. The molecule has 0 saturated heterocycles. The van der Waals surface area contributed by atoms with Gasteiger partial charge in [0, 0.05) is 23.9 Å². The smallest absolute Gasteiger partial charge is 0.192 e. The van der Waals surface area contributed by atoms with Crippen LogP contribution in [0.1, 0.15) is 26.3 Å². The van der Waals surface area contributed by atoms with E-state index in [0.29, 0.717) is 25.4 Å². The van der Waals surface area contributed by atoms with E-state index in [1.54, 1.807) is 0 Å². The zero-order valence-electron chi connectivity index (χ0n) is 16.9. The summed E-state index contributed by atoms with van der Waals surface area (Å²) in [6.07, 6.45) is 1.81. The molecule has 2 heterocycles. The van der Waals surface area contributed by atoms with Gasteiger partial charge in [-0.05, 0) is 35.8 Å². The Balaban J connectivity index is 1.89. The number of fused-ring (bicyclic) bond motifs is 3. The van der Waals surface area contributed by atoms with Gasteiger partial charge >= 0.3 is 0 Å². The Hall–Kier alpha value is -2.18. The van der Waals surface area contributed by atoms with Crippen LogP contribution in [0, 0.1) is 0 Å². The van der Waals surface area contributed by atoms with Gasteiger partial charge in [0.05, 0.1) is 13.2 Å². The molecule has 0 unspecified atom stereocenters. The number of hydrogen-bond acceptors (Lipinski definition) is 5. The first kappa shape index (κ1) is 19.6. The number of aromatic nitrogens is 1. The Morgan fingerprint density at radius 3 is 2.44 bits per heavy atom. The Bertz CT molecular complexity index is 843. The number of anilines is 1. The summed E-state index contributed by atoms with van der Waals surface area (Å²) < 4.78 is 6.37. The van der Waals surface area contributed by atoms with E-state index in [-0.39, 0.29) is 5.04 Å². The second-order valence-electron chi connectivity index (χ2n) is 8.50. The third-order valence-corrected chi connectivity index (χ3v) is 10.2. The first-order valence-corrected chi connectivity index (χ1v) is 12.3. The van der Waals surface area contributed by atoms with E-state index < -0.39 is 8.32 Å². The first-order valence-electron chi connectivity index (χ1n) is 9.39. The molecular formula is C21H29N3O2Si.